The molecule has 1 heterocycles. The molecule has 0 aromatic heterocycles. The zero-order valence-electron chi connectivity index (χ0n) is 15.6. The van der Waals surface area contributed by atoms with E-state index in [9.17, 15) is 14.3 Å². The molecule has 2 aromatic rings. The molecule has 1 fully saturated rings. The smallest absolute Gasteiger partial charge is 0.253 e. The number of hydrogen-bond donors (Lipinski definition) is 2. The van der Waals surface area contributed by atoms with Crippen LogP contribution in [0.15, 0.2) is 42.5 Å². The van der Waals surface area contributed by atoms with Crippen molar-refractivity contribution in [3.8, 4) is 5.75 Å². The lowest BCUT2D eigenvalue weighted by Gasteiger charge is -2.38. The van der Waals surface area contributed by atoms with Crippen LogP contribution in [0.4, 0.5) is 4.39 Å². The lowest BCUT2D eigenvalue weighted by Crippen LogP contribution is -2.45. The number of hydrogen-bond acceptors (Lipinski definition) is 4. The highest BCUT2D eigenvalue weighted by Gasteiger charge is 2.35. The molecule has 28 heavy (non-hydrogen) atoms. The van der Waals surface area contributed by atoms with E-state index in [0.29, 0.717) is 19.8 Å². The first-order valence-corrected chi connectivity index (χ1v) is 9.46. The minimum absolute atomic E-state index is 0.104. The molecule has 0 spiro atoms. The number of carbonyl (C=O) groups excluding carboxylic acids is 1. The Labute approximate surface area is 168 Å². The first kappa shape index (κ1) is 20.6. The van der Waals surface area contributed by atoms with Gasteiger partial charge >= 0.3 is 0 Å². The molecular weight excluding hydrogens is 385 g/mol. The number of carbonyl (C=O) groups is 1. The predicted molar refractivity (Wildman–Crippen MR) is 104 cm³/mol. The van der Waals surface area contributed by atoms with Crippen molar-refractivity contribution in [2.24, 2.45) is 0 Å². The van der Waals surface area contributed by atoms with Crippen LogP contribution in [0.2, 0.25) is 5.02 Å². The first-order valence-electron chi connectivity index (χ1n) is 9.08. The number of rotatable bonds is 6. The van der Waals surface area contributed by atoms with Gasteiger partial charge in [-0.25, -0.2) is 4.39 Å². The fourth-order valence-electron chi connectivity index (χ4n) is 3.49. The molecule has 1 atom stereocenters. The molecule has 7 heteroatoms. The van der Waals surface area contributed by atoms with Crippen LogP contribution >= 0.6 is 11.6 Å². The minimum atomic E-state index is -1.61. The van der Waals surface area contributed by atoms with E-state index in [1.807, 2.05) is 24.3 Å². The Kier molecular flexibility index (Phi) is 6.54. The number of ether oxygens (including phenoxy) is 2. The largest absolute Gasteiger partial charge is 0.497 e. The number of methoxy groups -OCH3 is 1. The highest BCUT2D eigenvalue weighted by Crippen LogP contribution is 2.35. The summed E-state index contributed by atoms with van der Waals surface area (Å²) in [5.74, 6) is -0.615. The zero-order valence-corrected chi connectivity index (χ0v) is 16.3. The lowest BCUT2D eigenvalue weighted by atomic mass is 9.74. The SMILES string of the molecule is COc1ccc(C2(CNC(=O)C(O)c3ccc(Cl)cc3F)CCOCC2)cc1. The molecule has 1 aliphatic heterocycles. The van der Waals surface area contributed by atoms with Gasteiger partial charge in [0.05, 0.1) is 7.11 Å². The lowest BCUT2D eigenvalue weighted by molar-refractivity contribution is -0.130. The van der Waals surface area contributed by atoms with Crippen molar-refractivity contribution in [1.29, 1.82) is 0 Å². The maximum atomic E-state index is 14.0. The molecule has 1 amide bonds. The van der Waals surface area contributed by atoms with Gasteiger partial charge in [-0.2, -0.15) is 0 Å². The van der Waals surface area contributed by atoms with E-state index in [0.717, 1.165) is 30.2 Å². The van der Waals surface area contributed by atoms with Crippen LogP contribution < -0.4 is 10.1 Å². The van der Waals surface area contributed by atoms with Crippen LogP contribution in [-0.4, -0.2) is 37.9 Å². The third kappa shape index (κ3) is 4.46. The molecule has 0 aliphatic carbocycles. The third-order valence-corrected chi connectivity index (χ3v) is 5.49. The Morgan fingerprint density at radius 2 is 1.96 bits per heavy atom. The molecule has 1 aliphatic rings. The van der Waals surface area contributed by atoms with E-state index in [-0.39, 0.29) is 16.0 Å². The highest BCUT2D eigenvalue weighted by molar-refractivity contribution is 6.30. The summed E-state index contributed by atoms with van der Waals surface area (Å²) < 4.78 is 24.7. The van der Waals surface area contributed by atoms with Gasteiger partial charge in [-0.3, -0.25) is 4.79 Å². The maximum Gasteiger partial charge on any atom is 0.253 e. The number of halogens is 2. The van der Waals surface area contributed by atoms with E-state index < -0.39 is 17.8 Å². The van der Waals surface area contributed by atoms with E-state index >= 15 is 0 Å². The van der Waals surface area contributed by atoms with Gasteiger partial charge in [0.2, 0.25) is 0 Å². The molecule has 0 bridgehead atoms. The van der Waals surface area contributed by atoms with E-state index in [1.54, 1.807) is 7.11 Å². The number of aliphatic hydroxyl groups excluding tert-OH is 1. The Morgan fingerprint density at radius 1 is 1.29 bits per heavy atom. The first-order chi connectivity index (χ1) is 13.4. The maximum absolute atomic E-state index is 14.0. The summed E-state index contributed by atoms with van der Waals surface area (Å²) in [6.07, 6.45) is -0.152. The van der Waals surface area contributed by atoms with Crippen LogP contribution in [0.3, 0.4) is 0 Å². The fraction of sp³-hybridized carbons (Fsp3) is 0.381. The summed E-state index contributed by atoms with van der Waals surface area (Å²) in [6.45, 7) is 1.47. The average Bonchev–Trinajstić information content (AvgIpc) is 2.72. The Balaban J connectivity index is 1.75. The Bertz CT molecular complexity index is 822. The number of aliphatic hydroxyl groups is 1. The van der Waals surface area contributed by atoms with Crippen molar-refractivity contribution in [1.82, 2.24) is 5.32 Å². The zero-order chi connectivity index (χ0) is 20.1. The van der Waals surface area contributed by atoms with Crippen molar-refractivity contribution in [3.63, 3.8) is 0 Å². The molecule has 2 aromatic carbocycles. The quantitative estimate of drug-likeness (QED) is 0.770. The fourth-order valence-corrected chi connectivity index (χ4v) is 3.65. The van der Waals surface area contributed by atoms with Crippen molar-refractivity contribution in [3.05, 3.63) is 64.4 Å². The Hall–Kier alpha value is -2.15. The average molecular weight is 408 g/mol. The van der Waals surface area contributed by atoms with Gasteiger partial charge in [-0.1, -0.05) is 29.8 Å². The summed E-state index contributed by atoms with van der Waals surface area (Å²) >= 11 is 5.73. The van der Waals surface area contributed by atoms with E-state index in [4.69, 9.17) is 21.1 Å². The van der Waals surface area contributed by atoms with Crippen LogP contribution in [0.25, 0.3) is 0 Å². The standard InChI is InChI=1S/C21H23ClFNO4/c1-27-16-5-2-14(3-6-16)21(8-10-28-11-9-21)13-24-20(26)19(25)17-7-4-15(22)12-18(17)23/h2-7,12,19,25H,8-11,13H2,1H3,(H,24,26). The minimum Gasteiger partial charge on any atom is -0.497 e. The van der Waals surface area contributed by atoms with E-state index in [2.05, 4.69) is 5.32 Å². The van der Waals surface area contributed by atoms with E-state index in [1.165, 1.54) is 12.1 Å². The van der Waals surface area contributed by atoms with Crippen LogP contribution in [0, 0.1) is 5.82 Å². The third-order valence-electron chi connectivity index (χ3n) is 5.26. The van der Waals surface area contributed by atoms with Gasteiger partial charge in [0.1, 0.15) is 11.6 Å². The van der Waals surface area contributed by atoms with Gasteiger partial charge in [-0.15, -0.1) is 0 Å². The molecule has 2 N–H and O–H groups in total. The van der Waals surface area contributed by atoms with Gasteiger partial charge in [0.15, 0.2) is 6.10 Å². The normalized spacial score (nSPS) is 17.0. The molecule has 1 unspecified atom stereocenters. The molecule has 0 saturated carbocycles. The number of amides is 1. The van der Waals surface area contributed by atoms with Crippen LogP contribution in [0.5, 0.6) is 5.75 Å². The summed E-state index contributed by atoms with van der Waals surface area (Å²) in [5.41, 5.74) is 0.634. The van der Waals surface area contributed by atoms with Gasteiger partial charge in [-0.05, 0) is 42.7 Å². The molecule has 1 saturated heterocycles. The highest BCUT2D eigenvalue weighted by atomic mass is 35.5. The monoisotopic (exact) mass is 407 g/mol. The summed E-state index contributed by atoms with van der Waals surface area (Å²) in [7, 11) is 1.61. The number of benzene rings is 2. The Morgan fingerprint density at radius 3 is 2.57 bits per heavy atom. The summed E-state index contributed by atoms with van der Waals surface area (Å²) in [6, 6.07) is 11.5. The van der Waals surface area contributed by atoms with Crippen LogP contribution in [0.1, 0.15) is 30.1 Å². The molecule has 3 rings (SSSR count). The molecular formula is C21H23ClFNO4. The van der Waals surface area contributed by atoms with Gasteiger partial charge in [0, 0.05) is 35.8 Å². The second kappa shape index (κ2) is 8.90. The number of nitrogens with one attached hydrogen (secondary N) is 1. The van der Waals surface area contributed by atoms with Crippen molar-refractivity contribution in [2.75, 3.05) is 26.9 Å². The summed E-state index contributed by atoms with van der Waals surface area (Å²) in [5, 5.41) is 13.3. The topological polar surface area (TPSA) is 67.8 Å². The van der Waals surface area contributed by atoms with Crippen molar-refractivity contribution >= 4 is 17.5 Å². The van der Waals surface area contributed by atoms with Crippen LogP contribution in [-0.2, 0) is 14.9 Å². The second-order valence-corrected chi connectivity index (χ2v) is 7.34. The van der Waals surface area contributed by atoms with Crippen molar-refractivity contribution < 1.29 is 23.8 Å². The molecule has 5 nitrogen and oxygen atoms in total. The van der Waals surface area contributed by atoms with Gasteiger partial charge < -0.3 is 19.9 Å². The molecule has 150 valence electrons. The summed E-state index contributed by atoms with van der Waals surface area (Å²) in [4.78, 5) is 12.5. The second-order valence-electron chi connectivity index (χ2n) is 6.91. The molecule has 0 radical (unpaired) electrons. The predicted octanol–water partition coefficient (Wildman–Crippen LogP) is 3.39. The van der Waals surface area contributed by atoms with Gasteiger partial charge in [0.25, 0.3) is 5.91 Å². The van der Waals surface area contributed by atoms with Crippen molar-refractivity contribution in [2.45, 2.75) is 24.4 Å².